The van der Waals surface area contributed by atoms with Gasteiger partial charge in [0.1, 0.15) is 5.75 Å². The number of aryl methyl sites for hydroxylation is 1. The number of benzene rings is 2. The van der Waals surface area contributed by atoms with E-state index in [-0.39, 0.29) is 0 Å². The van der Waals surface area contributed by atoms with Gasteiger partial charge in [-0.25, -0.2) is 4.98 Å². The summed E-state index contributed by atoms with van der Waals surface area (Å²) in [5.41, 5.74) is 10.4. The molecule has 0 aliphatic heterocycles. The van der Waals surface area contributed by atoms with Gasteiger partial charge in [0.05, 0.1) is 24.7 Å². The Hall–Kier alpha value is -2.49. The summed E-state index contributed by atoms with van der Waals surface area (Å²) in [6.45, 7) is 2.76. The summed E-state index contributed by atoms with van der Waals surface area (Å²) >= 11 is 0. The number of aromatic nitrogens is 2. The molecule has 0 amide bonds. The molecule has 20 heavy (non-hydrogen) atoms. The highest BCUT2D eigenvalue weighted by Gasteiger charge is 2.08. The van der Waals surface area contributed by atoms with Crippen molar-refractivity contribution >= 4 is 17.0 Å². The Morgan fingerprint density at radius 1 is 1.15 bits per heavy atom. The number of nitrogen functional groups attached to an aromatic ring is 1. The molecule has 0 spiro atoms. The molecule has 2 aromatic carbocycles. The molecule has 102 valence electrons. The second kappa shape index (κ2) is 4.89. The Labute approximate surface area is 117 Å². The number of nitrogens with two attached hydrogens (primary N) is 1. The minimum Gasteiger partial charge on any atom is -0.497 e. The molecule has 1 aromatic heterocycles. The van der Waals surface area contributed by atoms with Crippen LogP contribution in [0.15, 0.2) is 42.5 Å². The summed E-state index contributed by atoms with van der Waals surface area (Å²) in [7, 11) is 1.67. The van der Waals surface area contributed by atoms with Crippen LogP contribution in [0.25, 0.3) is 11.0 Å². The number of rotatable bonds is 3. The number of anilines is 1. The van der Waals surface area contributed by atoms with Crippen molar-refractivity contribution in [3.05, 3.63) is 53.6 Å². The van der Waals surface area contributed by atoms with Crippen LogP contribution in [-0.4, -0.2) is 16.7 Å². The third-order valence-electron chi connectivity index (χ3n) is 3.43. The van der Waals surface area contributed by atoms with E-state index in [0.717, 1.165) is 22.3 Å². The smallest absolute Gasteiger partial charge is 0.201 e. The predicted octanol–water partition coefficient (Wildman–Crippen LogP) is 2.98. The summed E-state index contributed by atoms with van der Waals surface area (Å²) in [5.74, 6) is 1.40. The molecule has 0 bridgehead atoms. The molecule has 0 fully saturated rings. The number of ether oxygens (including phenoxy) is 1. The third-order valence-corrected chi connectivity index (χ3v) is 3.43. The van der Waals surface area contributed by atoms with Crippen LogP contribution < -0.4 is 10.5 Å². The van der Waals surface area contributed by atoms with Crippen molar-refractivity contribution in [1.82, 2.24) is 9.55 Å². The van der Waals surface area contributed by atoms with E-state index < -0.39 is 0 Å². The van der Waals surface area contributed by atoms with Crippen molar-refractivity contribution in [2.75, 3.05) is 12.8 Å². The van der Waals surface area contributed by atoms with Gasteiger partial charge in [-0.3, -0.25) is 0 Å². The largest absolute Gasteiger partial charge is 0.497 e. The van der Waals surface area contributed by atoms with E-state index in [1.165, 1.54) is 5.56 Å². The lowest BCUT2D eigenvalue weighted by Gasteiger charge is -2.07. The van der Waals surface area contributed by atoms with E-state index in [9.17, 15) is 0 Å². The number of imidazole rings is 1. The highest BCUT2D eigenvalue weighted by atomic mass is 16.5. The Morgan fingerprint density at radius 3 is 2.60 bits per heavy atom. The maximum atomic E-state index is 6.03. The fraction of sp³-hybridized carbons (Fsp3) is 0.188. The molecule has 3 aromatic rings. The maximum absolute atomic E-state index is 6.03. The molecule has 1 heterocycles. The molecular weight excluding hydrogens is 250 g/mol. The predicted molar refractivity (Wildman–Crippen MR) is 81.0 cm³/mol. The molecule has 0 unspecified atom stereocenters. The molecule has 0 radical (unpaired) electrons. The van der Waals surface area contributed by atoms with Crippen LogP contribution in [0.2, 0.25) is 0 Å². The lowest BCUT2D eigenvalue weighted by Crippen LogP contribution is -2.04. The summed E-state index contributed by atoms with van der Waals surface area (Å²) in [6, 6.07) is 14.2. The van der Waals surface area contributed by atoms with Gasteiger partial charge in [-0.1, -0.05) is 18.2 Å². The van der Waals surface area contributed by atoms with Crippen LogP contribution in [0.4, 0.5) is 5.95 Å². The zero-order valence-electron chi connectivity index (χ0n) is 11.6. The van der Waals surface area contributed by atoms with Gasteiger partial charge in [0.25, 0.3) is 0 Å². The average molecular weight is 267 g/mol. The molecule has 0 saturated heterocycles. The number of hydrogen-bond acceptors (Lipinski definition) is 3. The van der Waals surface area contributed by atoms with Gasteiger partial charge in [0.2, 0.25) is 5.95 Å². The van der Waals surface area contributed by atoms with Crippen LogP contribution in [0.5, 0.6) is 5.75 Å². The fourth-order valence-corrected chi connectivity index (χ4v) is 2.34. The molecule has 2 N–H and O–H groups in total. The summed E-state index contributed by atoms with van der Waals surface area (Å²) in [4.78, 5) is 4.42. The van der Waals surface area contributed by atoms with Gasteiger partial charge in [-0.05, 0) is 42.3 Å². The average Bonchev–Trinajstić information content (AvgIpc) is 2.75. The summed E-state index contributed by atoms with van der Waals surface area (Å²) < 4.78 is 7.19. The van der Waals surface area contributed by atoms with Crippen molar-refractivity contribution in [2.24, 2.45) is 0 Å². The zero-order valence-corrected chi connectivity index (χ0v) is 11.6. The van der Waals surface area contributed by atoms with E-state index in [2.05, 4.69) is 30.1 Å². The minimum atomic E-state index is 0.543. The van der Waals surface area contributed by atoms with E-state index >= 15 is 0 Å². The molecule has 0 aliphatic carbocycles. The van der Waals surface area contributed by atoms with Gasteiger partial charge in [-0.15, -0.1) is 0 Å². The van der Waals surface area contributed by atoms with Gasteiger partial charge in [-0.2, -0.15) is 0 Å². The van der Waals surface area contributed by atoms with Gasteiger partial charge in [0.15, 0.2) is 0 Å². The van der Waals surface area contributed by atoms with Gasteiger partial charge in [0, 0.05) is 0 Å². The lowest BCUT2D eigenvalue weighted by atomic mass is 10.2. The quantitative estimate of drug-likeness (QED) is 0.793. The number of hydrogen-bond donors (Lipinski definition) is 1. The van der Waals surface area contributed by atoms with Gasteiger partial charge >= 0.3 is 0 Å². The van der Waals surface area contributed by atoms with Crippen molar-refractivity contribution in [3.8, 4) is 5.75 Å². The molecule has 4 nitrogen and oxygen atoms in total. The van der Waals surface area contributed by atoms with E-state index in [1.54, 1.807) is 7.11 Å². The number of methoxy groups -OCH3 is 1. The number of fused-ring (bicyclic) bond motifs is 1. The highest BCUT2D eigenvalue weighted by Crippen LogP contribution is 2.21. The zero-order chi connectivity index (χ0) is 14.1. The molecule has 0 atom stereocenters. The normalized spacial score (nSPS) is 10.9. The molecule has 3 rings (SSSR count). The summed E-state index contributed by atoms with van der Waals surface area (Å²) in [6.07, 6.45) is 0. The Balaban J connectivity index is 1.99. The molecule has 0 saturated carbocycles. The highest BCUT2D eigenvalue weighted by molar-refractivity contribution is 5.79. The molecule has 4 heteroatoms. The topological polar surface area (TPSA) is 53.1 Å². The van der Waals surface area contributed by atoms with Crippen LogP contribution in [0.1, 0.15) is 11.1 Å². The Kier molecular flexibility index (Phi) is 3.06. The molecule has 0 aliphatic rings. The first kappa shape index (κ1) is 12.5. The first-order valence-electron chi connectivity index (χ1n) is 6.52. The van der Waals surface area contributed by atoms with E-state index in [0.29, 0.717) is 12.5 Å². The maximum Gasteiger partial charge on any atom is 0.201 e. The van der Waals surface area contributed by atoms with Crippen LogP contribution in [0, 0.1) is 6.92 Å². The van der Waals surface area contributed by atoms with Crippen LogP contribution in [0.3, 0.4) is 0 Å². The van der Waals surface area contributed by atoms with Crippen LogP contribution >= 0.6 is 0 Å². The van der Waals surface area contributed by atoms with Gasteiger partial charge < -0.3 is 15.0 Å². The van der Waals surface area contributed by atoms with Crippen molar-refractivity contribution < 1.29 is 4.74 Å². The monoisotopic (exact) mass is 267 g/mol. The van der Waals surface area contributed by atoms with Crippen LogP contribution in [-0.2, 0) is 6.54 Å². The first-order chi connectivity index (χ1) is 9.67. The molecular formula is C16H17N3O. The van der Waals surface area contributed by atoms with E-state index in [4.69, 9.17) is 10.5 Å². The first-order valence-corrected chi connectivity index (χ1v) is 6.52. The van der Waals surface area contributed by atoms with Crippen molar-refractivity contribution in [3.63, 3.8) is 0 Å². The summed E-state index contributed by atoms with van der Waals surface area (Å²) in [5, 5.41) is 0. The Morgan fingerprint density at radius 2 is 1.90 bits per heavy atom. The second-order valence-corrected chi connectivity index (χ2v) is 4.90. The fourth-order valence-electron chi connectivity index (χ4n) is 2.34. The third kappa shape index (κ3) is 2.20. The Bertz CT molecular complexity index is 744. The second-order valence-electron chi connectivity index (χ2n) is 4.90. The SMILES string of the molecule is COc1ccc(Cn2c(N)nc3cc(C)ccc32)cc1. The standard InChI is InChI=1S/C16H17N3O/c1-11-3-8-15-14(9-11)18-16(17)19(15)10-12-4-6-13(20-2)7-5-12/h3-9H,10H2,1-2H3,(H2,17,18). The number of nitrogens with zero attached hydrogens (tertiary/aromatic N) is 2. The minimum absolute atomic E-state index is 0.543. The van der Waals surface area contributed by atoms with Crippen molar-refractivity contribution in [1.29, 1.82) is 0 Å². The lowest BCUT2D eigenvalue weighted by molar-refractivity contribution is 0.414. The van der Waals surface area contributed by atoms with E-state index in [1.807, 2.05) is 28.8 Å². The van der Waals surface area contributed by atoms with Crippen molar-refractivity contribution in [2.45, 2.75) is 13.5 Å².